The van der Waals surface area contributed by atoms with E-state index < -0.39 is 0 Å². The molecule has 0 bridgehead atoms. The zero-order valence-corrected chi connectivity index (χ0v) is 17.2. The quantitative estimate of drug-likeness (QED) is 0.577. The monoisotopic (exact) mass is 412 g/mol. The van der Waals surface area contributed by atoms with Gasteiger partial charge in [-0.2, -0.15) is 0 Å². The zero-order valence-electron chi connectivity index (χ0n) is 15.6. The molecule has 0 aliphatic rings. The normalized spacial score (nSPS) is 10.9. The first-order valence-electron chi connectivity index (χ1n) is 8.70. The van der Waals surface area contributed by atoms with Gasteiger partial charge in [0.15, 0.2) is 5.13 Å². The number of anilines is 1. The third-order valence-corrected chi connectivity index (χ3v) is 5.36. The lowest BCUT2D eigenvalue weighted by Crippen LogP contribution is -2.22. The fourth-order valence-electron chi connectivity index (χ4n) is 2.45. The minimum atomic E-state index is -0.236. The summed E-state index contributed by atoms with van der Waals surface area (Å²) in [7, 11) is 0. The van der Waals surface area contributed by atoms with Gasteiger partial charge in [-0.15, -0.1) is 22.7 Å². The first kappa shape index (κ1) is 19.9. The highest BCUT2D eigenvalue weighted by atomic mass is 32.1. The maximum absolute atomic E-state index is 12.0. The molecule has 0 saturated carbocycles. The molecule has 0 spiro atoms. The third kappa shape index (κ3) is 5.83. The molecule has 2 aromatic heterocycles. The van der Waals surface area contributed by atoms with Crippen LogP contribution < -0.4 is 10.6 Å². The van der Waals surface area contributed by atoms with Gasteiger partial charge in [0.2, 0.25) is 11.8 Å². The molecule has 0 saturated heterocycles. The number of rotatable bonds is 7. The minimum absolute atomic E-state index is 0.0230. The molecule has 6 nitrogen and oxygen atoms in total. The second-order valence-corrected chi connectivity index (χ2v) is 8.00. The van der Waals surface area contributed by atoms with Gasteiger partial charge >= 0.3 is 0 Å². The second-order valence-electron chi connectivity index (χ2n) is 6.08. The summed E-state index contributed by atoms with van der Waals surface area (Å²) < 4.78 is 0. The summed E-state index contributed by atoms with van der Waals surface area (Å²) in [6.07, 6.45) is 3.93. The van der Waals surface area contributed by atoms with Gasteiger partial charge in [0, 0.05) is 35.9 Å². The molecule has 0 fully saturated rings. The van der Waals surface area contributed by atoms with Crippen molar-refractivity contribution >= 4 is 45.7 Å². The van der Waals surface area contributed by atoms with Crippen molar-refractivity contribution in [3.63, 3.8) is 0 Å². The standard InChI is InChI=1S/C20H20N4O2S2/c1-13(25)21-10-9-15-3-5-16(6-4-15)18-12-28-20(23-18)24-19(26)8-7-17-11-27-14(2)22-17/h3-8,11-12H,9-10H2,1-2H3,(H,21,25)(H,23,24,26)/b8-7+. The number of hydrogen-bond donors (Lipinski definition) is 2. The summed E-state index contributed by atoms with van der Waals surface area (Å²) in [5.41, 5.74) is 3.71. The van der Waals surface area contributed by atoms with E-state index in [0.717, 1.165) is 33.9 Å². The number of nitrogens with one attached hydrogen (secondary N) is 2. The minimum Gasteiger partial charge on any atom is -0.356 e. The highest BCUT2D eigenvalue weighted by Gasteiger charge is 2.07. The molecule has 144 valence electrons. The Bertz CT molecular complexity index is 990. The van der Waals surface area contributed by atoms with Crippen LogP contribution >= 0.6 is 22.7 Å². The predicted molar refractivity (Wildman–Crippen MR) is 114 cm³/mol. The number of carbonyl (C=O) groups is 2. The van der Waals surface area contributed by atoms with Crippen LogP contribution in [0.2, 0.25) is 0 Å². The Morgan fingerprint density at radius 3 is 2.57 bits per heavy atom. The molecule has 2 N–H and O–H groups in total. The summed E-state index contributed by atoms with van der Waals surface area (Å²) in [5, 5.41) is 10.9. The molecule has 0 atom stereocenters. The van der Waals surface area contributed by atoms with Crippen LogP contribution in [-0.2, 0) is 16.0 Å². The molecule has 8 heteroatoms. The van der Waals surface area contributed by atoms with Gasteiger partial charge in [-0.25, -0.2) is 9.97 Å². The van der Waals surface area contributed by atoms with E-state index in [4.69, 9.17) is 0 Å². The molecule has 0 radical (unpaired) electrons. The third-order valence-electron chi connectivity index (χ3n) is 3.81. The largest absolute Gasteiger partial charge is 0.356 e. The van der Waals surface area contributed by atoms with Crippen molar-refractivity contribution in [2.75, 3.05) is 11.9 Å². The lowest BCUT2D eigenvalue weighted by Gasteiger charge is -2.03. The Hall–Kier alpha value is -2.84. The average molecular weight is 413 g/mol. The van der Waals surface area contributed by atoms with Gasteiger partial charge < -0.3 is 5.32 Å². The summed E-state index contributed by atoms with van der Waals surface area (Å²) in [6, 6.07) is 8.03. The lowest BCUT2D eigenvalue weighted by atomic mass is 10.1. The maximum Gasteiger partial charge on any atom is 0.250 e. The van der Waals surface area contributed by atoms with Crippen LogP contribution in [0.25, 0.3) is 17.3 Å². The van der Waals surface area contributed by atoms with E-state index in [0.29, 0.717) is 11.7 Å². The summed E-state index contributed by atoms with van der Waals surface area (Å²) >= 11 is 2.93. The van der Waals surface area contributed by atoms with Gasteiger partial charge in [0.1, 0.15) is 0 Å². The first-order chi connectivity index (χ1) is 13.5. The van der Waals surface area contributed by atoms with Crippen LogP contribution in [0.4, 0.5) is 5.13 Å². The van der Waals surface area contributed by atoms with Crippen molar-refractivity contribution in [2.24, 2.45) is 0 Å². The van der Waals surface area contributed by atoms with Crippen LogP contribution in [0.1, 0.15) is 23.2 Å². The van der Waals surface area contributed by atoms with Crippen molar-refractivity contribution in [1.82, 2.24) is 15.3 Å². The molecule has 0 unspecified atom stereocenters. The lowest BCUT2D eigenvalue weighted by molar-refractivity contribution is -0.119. The van der Waals surface area contributed by atoms with Crippen molar-refractivity contribution in [3.05, 3.63) is 57.4 Å². The van der Waals surface area contributed by atoms with E-state index in [1.807, 2.05) is 41.9 Å². The topological polar surface area (TPSA) is 84.0 Å². The van der Waals surface area contributed by atoms with Crippen LogP contribution in [0.3, 0.4) is 0 Å². The number of carbonyl (C=O) groups excluding carboxylic acids is 2. The molecular formula is C20H20N4O2S2. The highest BCUT2D eigenvalue weighted by molar-refractivity contribution is 7.14. The van der Waals surface area contributed by atoms with Crippen LogP contribution in [0.5, 0.6) is 0 Å². The van der Waals surface area contributed by atoms with Crippen molar-refractivity contribution < 1.29 is 9.59 Å². The molecule has 2 heterocycles. The fraction of sp³-hybridized carbons (Fsp3) is 0.200. The van der Waals surface area contributed by atoms with Crippen LogP contribution in [0.15, 0.2) is 41.1 Å². The number of hydrogen-bond acceptors (Lipinski definition) is 6. The van der Waals surface area contributed by atoms with Gasteiger partial charge in [-0.1, -0.05) is 24.3 Å². The number of benzene rings is 1. The number of amides is 2. The summed E-state index contributed by atoms with van der Waals surface area (Å²) in [5.74, 6) is -0.259. The van der Waals surface area contributed by atoms with E-state index in [2.05, 4.69) is 20.6 Å². The Morgan fingerprint density at radius 2 is 1.89 bits per heavy atom. The van der Waals surface area contributed by atoms with E-state index in [1.54, 1.807) is 17.4 Å². The summed E-state index contributed by atoms with van der Waals surface area (Å²) in [4.78, 5) is 31.7. The van der Waals surface area contributed by atoms with Crippen molar-refractivity contribution in [2.45, 2.75) is 20.3 Å². The zero-order chi connectivity index (χ0) is 19.9. The number of aryl methyl sites for hydroxylation is 1. The van der Waals surface area contributed by atoms with Gasteiger partial charge in [-0.05, 0) is 25.0 Å². The number of nitrogens with zero attached hydrogens (tertiary/aromatic N) is 2. The van der Waals surface area contributed by atoms with Gasteiger partial charge in [0.25, 0.3) is 0 Å². The highest BCUT2D eigenvalue weighted by Crippen LogP contribution is 2.25. The molecule has 2 amide bonds. The Labute approximate surface area is 171 Å². The van der Waals surface area contributed by atoms with Crippen molar-refractivity contribution in [1.29, 1.82) is 0 Å². The first-order valence-corrected chi connectivity index (χ1v) is 10.5. The van der Waals surface area contributed by atoms with E-state index in [-0.39, 0.29) is 11.8 Å². The molecule has 28 heavy (non-hydrogen) atoms. The molecule has 3 rings (SSSR count). The van der Waals surface area contributed by atoms with Crippen molar-refractivity contribution in [3.8, 4) is 11.3 Å². The van der Waals surface area contributed by atoms with Gasteiger partial charge in [-0.3, -0.25) is 14.9 Å². The Kier molecular flexibility index (Phi) is 6.67. The molecule has 0 aliphatic heterocycles. The molecule has 1 aromatic carbocycles. The van der Waals surface area contributed by atoms with E-state index in [1.165, 1.54) is 24.3 Å². The maximum atomic E-state index is 12.0. The SMILES string of the molecule is CC(=O)NCCc1ccc(-c2csc(NC(=O)/C=C/c3csc(C)n3)n2)cc1. The molecule has 0 aliphatic carbocycles. The Balaban J connectivity index is 1.56. The molecule has 3 aromatic rings. The van der Waals surface area contributed by atoms with Crippen LogP contribution in [-0.4, -0.2) is 28.3 Å². The number of thiazole rings is 2. The predicted octanol–water partition coefficient (Wildman–Crippen LogP) is 3.91. The number of aromatic nitrogens is 2. The summed E-state index contributed by atoms with van der Waals surface area (Å²) in [6.45, 7) is 4.06. The second kappa shape index (κ2) is 9.38. The van der Waals surface area contributed by atoms with Gasteiger partial charge in [0.05, 0.1) is 16.4 Å². The Morgan fingerprint density at radius 1 is 1.11 bits per heavy atom. The smallest absolute Gasteiger partial charge is 0.250 e. The average Bonchev–Trinajstić information content (AvgIpc) is 3.29. The fourth-order valence-corrected chi connectivity index (χ4v) is 3.76. The molecular weight excluding hydrogens is 392 g/mol. The van der Waals surface area contributed by atoms with Crippen LogP contribution in [0, 0.1) is 6.92 Å². The van der Waals surface area contributed by atoms with E-state index >= 15 is 0 Å². The van der Waals surface area contributed by atoms with E-state index in [9.17, 15) is 9.59 Å².